The Morgan fingerprint density at radius 3 is 2.52 bits per heavy atom. The molecular formula is C16H15F2N3. The molecule has 0 aliphatic rings. The van der Waals surface area contributed by atoms with Gasteiger partial charge in [0.25, 0.3) is 0 Å². The minimum Gasteiger partial charge on any atom is -0.378 e. The normalized spacial score (nSPS) is 12.6. The first-order chi connectivity index (χ1) is 10.0. The zero-order chi connectivity index (χ0) is 15.0. The number of aromatic amines is 1. The van der Waals surface area contributed by atoms with Crippen molar-refractivity contribution in [3.05, 3.63) is 59.4 Å². The predicted molar refractivity (Wildman–Crippen MR) is 79.2 cm³/mol. The summed E-state index contributed by atoms with van der Waals surface area (Å²) >= 11 is 0. The van der Waals surface area contributed by atoms with Crippen LogP contribution >= 0.6 is 0 Å². The number of aryl methyl sites for hydroxylation is 1. The molecule has 5 heteroatoms. The van der Waals surface area contributed by atoms with Crippen molar-refractivity contribution in [2.24, 2.45) is 0 Å². The fraction of sp³-hybridized carbons (Fsp3) is 0.188. The fourth-order valence-corrected chi connectivity index (χ4v) is 2.39. The van der Waals surface area contributed by atoms with E-state index in [0.717, 1.165) is 28.6 Å². The Balaban J connectivity index is 1.86. The Hall–Kier alpha value is -2.43. The molecule has 1 unspecified atom stereocenters. The van der Waals surface area contributed by atoms with Gasteiger partial charge in [0.1, 0.15) is 17.5 Å². The van der Waals surface area contributed by atoms with Crippen LogP contribution in [0, 0.1) is 18.6 Å². The number of hydrogen-bond donors (Lipinski definition) is 2. The molecule has 0 aliphatic carbocycles. The smallest absolute Gasteiger partial charge is 0.126 e. The second kappa shape index (κ2) is 5.16. The van der Waals surface area contributed by atoms with Crippen molar-refractivity contribution in [2.45, 2.75) is 19.9 Å². The van der Waals surface area contributed by atoms with E-state index >= 15 is 0 Å². The van der Waals surface area contributed by atoms with Crippen LogP contribution in [-0.4, -0.2) is 9.97 Å². The van der Waals surface area contributed by atoms with Gasteiger partial charge in [-0.2, -0.15) is 0 Å². The highest BCUT2D eigenvalue weighted by Crippen LogP contribution is 2.23. The minimum atomic E-state index is -0.571. The first-order valence-electron chi connectivity index (χ1n) is 6.70. The van der Waals surface area contributed by atoms with E-state index in [0.29, 0.717) is 5.56 Å². The van der Waals surface area contributed by atoms with Gasteiger partial charge >= 0.3 is 0 Å². The van der Waals surface area contributed by atoms with E-state index in [4.69, 9.17) is 0 Å². The van der Waals surface area contributed by atoms with Gasteiger partial charge in [-0.3, -0.25) is 0 Å². The average Bonchev–Trinajstić information content (AvgIpc) is 2.77. The van der Waals surface area contributed by atoms with Crippen LogP contribution in [0.3, 0.4) is 0 Å². The summed E-state index contributed by atoms with van der Waals surface area (Å²) < 4.78 is 26.5. The molecule has 0 aliphatic heterocycles. The molecule has 3 aromatic rings. The maximum Gasteiger partial charge on any atom is 0.126 e. The monoisotopic (exact) mass is 287 g/mol. The van der Waals surface area contributed by atoms with Crippen molar-refractivity contribution in [1.29, 1.82) is 0 Å². The second-order valence-corrected chi connectivity index (χ2v) is 5.12. The third-order valence-electron chi connectivity index (χ3n) is 3.37. The second-order valence-electron chi connectivity index (χ2n) is 5.12. The van der Waals surface area contributed by atoms with Crippen molar-refractivity contribution in [2.75, 3.05) is 5.32 Å². The van der Waals surface area contributed by atoms with Crippen LogP contribution in [0.5, 0.6) is 0 Å². The third kappa shape index (κ3) is 2.86. The van der Waals surface area contributed by atoms with Gasteiger partial charge in [0, 0.05) is 17.8 Å². The van der Waals surface area contributed by atoms with Gasteiger partial charge in [-0.25, -0.2) is 13.8 Å². The molecule has 1 heterocycles. The molecule has 3 nitrogen and oxygen atoms in total. The number of benzene rings is 2. The number of rotatable bonds is 3. The van der Waals surface area contributed by atoms with Crippen molar-refractivity contribution in [3.63, 3.8) is 0 Å². The SMILES string of the molecule is Cc1nc2ccc(NC(C)c3cc(F)cc(F)c3)cc2[nH]1. The quantitative estimate of drug-likeness (QED) is 0.753. The van der Waals surface area contributed by atoms with E-state index in [9.17, 15) is 8.78 Å². The van der Waals surface area contributed by atoms with Crippen LogP contribution in [0.2, 0.25) is 0 Å². The van der Waals surface area contributed by atoms with Gasteiger partial charge < -0.3 is 10.3 Å². The van der Waals surface area contributed by atoms with Crippen molar-refractivity contribution >= 4 is 16.7 Å². The van der Waals surface area contributed by atoms with Gasteiger partial charge in [0.15, 0.2) is 0 Å². The largest absolute Gasteiger partial charge is 0.378 e. The number of halogens is 2. The highest BCUT2D eigenvalue weighted by Gasteiger charge is 2.09. The number of nitrogens with one attached hydrogen (secondary N) is 2. The molecule has 0 amide bonds. The number of fused-ring (bicyclic) bond motifs is 1. The summed E-state index contributed by atoms with van der Waals surface area (Å²) in [6.07, 6.45) is 0. The summed E-state index contributed by atoms with van der Waals surface area (Å²) in [5.41, 5.74) is 3.24. The lowest BCUT2D eigenvalue weighted by Crippen LogP contribution is -2.07. The minimum absolute atomic E-state index is 0.211. The van der Waals surface area contributed by atoms with Crippen LogP contribution in [0.1, 0.15) is 24.4 Å². The molecule has 2 N–H and O–H groups in total. The Morgan fingerprint density at radius 2 is 1.81 bits per heavy atom. The third-order valence-corrected chi connectivity index (χ3v) is 3.37. The van der Waals surface area contributed by atoms with E-state index in [1.165, 1.54) is 12.1 Å². The molecule has 3 rings (SSSR count). The molecule has 0 saturated heterocycles. The highest BCUT2D eigenvalue weighted by atomic mass is 19.1. The zero-order valence-corrected chi connectivity index (χ0v) is 11.7. The van der Waals surface area contributed by atoms with E-state index in [-0.39, 0.29) is 6.04 Å². The maximum absolute atomic E-state index is 13.3. The highest BCUT2D eigenvalue weighted by molar-refractivity contribution is 5.79. The molecule has 0 bridgehead atoms. The van der Waals surface area contributed by atoms with Gasteiger partial charge in [-0.15, -0.1) is 0 Å². The van der Waals surface area contributed by atoms with Gasteiger partial charge in [-0.1, -0.05) is 0 Å². The Bertz CT molecular complexity index is 775. The average molecular weight is 287 g/mol. The summed E-state index contributed by atoms with van der Waals surface area (Å²) in [6, 6.07) is 9.06. The van der Waals surface area contributed by atoms with Crippen molar-refractivity contribution < 1.29 is 8.78 Å². The Morgan fingerprint density at radius 1 is 1.10 bits per heavy atom. The molecule has 21 heavy (non-hydrogen) atoms. The maximum atomic E-state index is 13.3. The van der Waals surface area contributed by atoms with Gasteiger partial charge in [-0.05, 0) is 49.7 Å². The van der Waals surface area contributed by atoms with Crippen LogP contribution < -0.4 is 5.32 Å². The topological polar surface area (TPSA) is 40.7 Å². The van der Waals surface area contributed by atoms with Crippen molar-refractivity contribution in [3.8, 4) is 0 Å². The molecule has 1 aromatic heterocycles. The van der Waals surface area contributed by atoms with E-state index in [2.05, 4.69) is 15.3 Å². The number of imidazole rings is 1. The van der Waals surface area contributed by atoms with E-state index < -0.39 is 11.6 Å². The fourth-order valence-electron chi connectivity index (χ4n) is 2.39. The molecule has 0 fully saturated rings. The number of anilines is 1. The molecule has 0 radical (unpaired) electrons. The van der Waals surface area contributed by atoms with Crippen molar-refractivity contribution in [1.82, 2.24) is 9.97 Å². The Labute approximate surface area is 121 Å². The van der Waals surface area contributed by atoms with Crippen LogP contribution in [0.4, 0.5) is 14.5 Å². The lowest BCUT2D eigenvalue weighted by Gasteiger charge is -2.16. The summed E-state index contributed by atoms with van der Waals surface area (Å²) in [6.45, 7) is 3.75. The molecule has 1 atom stereocenters. The van der Waals surface area contributed by atoms with E-state index in [1.54, 1.807) is 0 Å². The molecule has 108 valence electrons. The first kappa shape index (κ1) is 13.5. The van der Waals surface area contributed by atoms with Crippen LogP contribution in [0.25, 0.3) is 11.0 Å². The first-order valence-corrected chi connectivity index (χ1v) is 6.70. The molecule has 0 spiro atoms. The van der Waals surface area contributed by atoms with Gasteiger partial charge in [0.2, 0.25) is 0 Å². The number of nitrogens with zero attached hydrogens (tertiary/aromatic N) is 1. The summed E-state index contributed by atoms with van der Waals surface area (Å²) in [5.74, 6) is -0.293. The number of H-pyrrole nitrogens is 1. The Kier molecular flexibility index (Phi) is 3.33. The van der Waals surface area contributed by atoms with Crippen LogP contribution in [-0.2, 0) is 0 Å². The van der Waals surface area contributed by atoms with E-state index in [1.807, 2.05) is 32.0 Å². The summed E-state index contributed by atoms with van der Waals surface area (Å²) in [5, 5.41) is 3.23. The summed E-state index contributed by atoms with van der Waals surface area (Å²) in [7, 11) is 0. The van der Waals surface area contributed by atoms with Crippen LogP contribution in [0.15, 0.2) is 36.4 Å². The predicted octanol–water partition coefficient (Wildman–Crippen LogP) is 4.32. The lowest BCUT2D eigenvalue weighted by molar-refractivity contribution is 0.577. The zero-order valence-electron chi connectivity index (χ0n) is 11.7. The lowest BCUT2D eigenvalue weighted by atomic mass is 10.1. The van der Waals surface area contributed by atoms with Gasteiger partial charge in [0.05, 0.1) is 11.0 Å². The molecular weight excluding hydrogens is 272 g/mol. The number of aromatic nitrogens is 2. The molecule has 0 saturated carbocycles. The molecule has 2 aromatic carbocycles. The standard InChI is InChI=1S/C16H15F2N3/c1-9(11-5-12(17)7-13(18)6-11)19-14-3-4-15-16(8-14)21-10(2)20-15/h3-9,19H,1-2H3,(H,20,21). The summed E-state index contributed by atoms with van der Waals surface area (Å²) in [4.78, 5) is 7.49. The number of hydrogen-bond acceptors (Lipinski definition) is 2.